The van der Waals surface area contributed by atoms with Gasteiger partial charge in [-0.15, -0.1) is 11.8 Å². The number of hydrogen-bond acceptors (Lipinski definition) is 2. The van der Waals surface area contributed by atoms with Crippen molar-refractivity contribution in [1.29, 1.82) is 0 Å². The van der Waals surface area contributed by atoms with E-state index in [2.05, 4.69) is 39.0 Å². The smallest absolute Gasteiger partial charge is 0.199 e. The van der Waals surface area contributed by atoms with E-state index < -0.39 is 0 Å². The Hall–Kier alpha value is -2.06. The summed E-state index contributed by atoms with van der Waals surface area (Å²) in [7, 11) is 0. The number of ketones is 1. The van der Waals surface area contributed by atoms with Crippen molar-refractivity contribution in [1.82, 2.24) is 0 Å². The second kappa shape index (κ2) is 7.23. The van der Waals surface area contributed by atoms with Crippen LogP contribution in [0.4, 0.5) is 0 Å². The monoisotopic (exact) mass is 334 g/mol. The highest BCUT2D eigenvalue weighted by atomic mass is 32.2. The number of allylic oxidation sites excluding steroid dienone is 3. The zero-order valence-corrected chi connectivity index (χ0v) is 15.2. The normalized spacial score (nSPS) is 16.1. The maximum atomic E-state index is 12.9. The Morgan fingerprint density at radius 3 is 2.33 bits per heavy atom. The Bertz CT molecular complexity index is 811. The van der Waals surface area contributed by atoms with Gasteiger partial charge in [0.2, 0.25) is 0 Å². The van der Waals surface area contributed by atoms with Crippen molar-refractivity contribution in [2.45, 2.75) is 32.4 Å². The Morgan fingerprint density at radius 2 is 1.62 bits per heavy atom. The highest BCUT2D eigenvalue weighted by molar-refractivity contribution is 8.04. The Kier molecular flexibility index (Phi) is 5.06. The lowest BCUT2D eigenvalue weighted by atomic mass is 9.97. The maximum Gasteiger partial charge on any atom is 0.199 e. The second-order valence-electron chi connectivity index (χ2n) is 6.42. The molecule has 0 aliphatic carbocycles. The minimum absolute atomic E-state index is 0.120. The van der Waals surface area contributed by atoms with Crippen LogP contribution >= 0.6 is 11.8 Å². The molecule has 122 valence electrons. The predicted octanol–water partition coefficient (Wildman–Crippen LogP) is 6.44. The maximum absolute atomic E-state index is 12.9. The molecule has 0 radical (unpaired) electrons. The molecule has 1 unspecified atom stereocenters. The van der Waals surface area contributed by atoms with E-state index in [0.717, 1.165) is 16.9 Å². The lowest BCUT2D eigenvalue weighted by Gasteiger charge is -2.25. The Labute approximate surface area is 148 Å². The van der Waals surface area contributed by atoms with Crippen LogP contribution in [-0.2, 0) is 0 Å². The van der Waals surface area contributed by atoms with Crippen LogP contribution in [0.1, 0.15) is 53.9 Å². The van der Waals surface area contributed by atoms with E-state index in [1.807, 2.05) is 42.5 Å². The van der Waals surface area contributed by atoms with Crippen molar-refractivity contribution in [2.24, 2.45) is 0 Å². The minimum atomic E-state index is 0.120. The lowest BCUT2D eigenvalue weighted by Crippen LogP contribution is -2.09. The Morgan fingerprint density at radius 1 is 0.958 bits per heavy atom. The fourth-order valence-corrected chi connectivity index (χ4v) is 4.21. The van der Waals surface area contributed by atoms with Gasteiger partial charge in [-0.1, -0.05) is 65.7 Å². The molecule has 0 bridgehead atoms. The molecule has 2 aromatic carbocycles. The van der Waals surface area contributed by atoms with Crippen LogP contribution in [0, 0.1) is 0 Å². The van der Waals surface area contributed by atoms with Crippen LogP contribution in [-0.4, -0.2) is 5.78 Å². The molecular formula is C22H22OS. The van der Waals surface area contributed by atoms with Gasteiger partial charge in [0.1, 0.15) is 0 Å². The first-order valence-electron chi connectivity index (χ1n) is 8.26. The summed E-state index contributed by atoms with van der Waals surface area (Å²) in [6.45, 7) is 6.50. The van der Waals surface area contributed by atoms with Crippen molar-refractivity contribution < 1.29 is 4.79 Å². The largest absolute Gasteiger partial charge is 0.288 e. The quantitative estimate of drug-likeness (QED) is 0.472. The predicted molar refractivity (Wildman–Crippen MR) is 104 cm³/mol. The number of Topliss-reactive ketones (excluding diaryl/α,β-unsaturated/α-hetero) is 1. The molecular weight excluding hydrogens is 312 g/mol. The number of carbonyl (C=O) groups is 1. The van der Waals surface area contributed by atoms with Crippen molar-refractivity contribution in [2.75, 3.05) is 0 Å². The van der Waals surface area contributed by atoms with E-state index in [4.69, 9.17) is 0 Å². The number of benzene rings is 2. The van der Waals surface area contributed by atoms with E-state index in [-0.39, 0.29) is 5.78 Å². The number of fused-ring (bicyclic) bond motifs is 1. The Balaban J connectivity index is 1.97. The first kappa shape index (κ1) is 16.8. The van der Waals surface area contributed by atoms with Crippen LogP contribution in [0.15, 0.2) is 70.6 Å². The molecule has 3 rings (SSSR count). The molecule has 0 N–H and O–H groups in total. The van der Waals surface area contributed by atoms with Crippen LogP contribution in [0.5, 0.6) is 0 Å². The van der Waals surface area contributed by atoms with Gasteiger partial charge in [0.15, 0.2) is 5.78 Å². The fraction of sp³-hybridized carbons (Fsp3) is 0.227. The van der Waals surface area contributed by atoms with Gasteiger partial charge in [-0.25, -0.2) is 0 Å². The zero-order valence-electron chi connectivity index (χ0n) is 14.4. The molecule has 1 heterocycles. The summed E-state index contributed by atoms with van der Waals surface area (Å²) in [4.78, 5) is 13.7. The fourth-order valence-electron chi connectivity index (χ4n) is 2.81. The van der Waals surface area contributed by atoms with Gasteiger partial charge in [0.25, 0.3) is 0 Å². The molecule has 1 nitrogen and oxygen atoms in total. The molecule has 1 aliphatic rings. The third-order valence-electron chi connectivity index (χ3n) is 4.50. The molecule has 0 amide bonds. The number of carbonyl (C=O) groups excluding carboxylic acids is 1. The molecule has 0 spiro atoms. The van der Waals surface area contributed by atoms with Crippen molar-refractivity contribution >= 4 is 23.6 Å². The summed E-state index contributed by atoms with van der Waals surface area (Å²) in [6.07, 6.45) is 3.02. The van der Waals surface area contributed by atoms with Crippen LogP contribution in [0.3, 0.4) is 0 Å². The van der Waals surface area contributed by atoms with E-state index in [1.165, 1.54) is 22.3 Å². The highest BCUT2D eigenvalue weighted by Crippen LogP contribution is 2.46. The summed E-state index contributed by atoms with van der Waals surface area (Å²) in [5.74, 6) is 0.120. The molecule has 0 saturated carbocycles. The average Bonchev–Trinajstić information content (AvgIpc) is 2.61. The SMILES string of the molecule is CC(C)=C(C)CC1SC(C(=O)c2ccccc2)=Cc2ccccc21. The lowest BCUT2D eigenvalue weighted by molar-refractivity contribution is 0.104. The van der Waals surface area contributed by atoms with Gasteiger partial charge >= 0.3 is 0 Å². The van der Waals surface area contributed by atoms with Gasteiger partial charge < -0.3 is 0 Å². The topological polar surface area (TPSA) is 17.1 Å². The van der Waals surface area contributed by atoms with Gasteiger partial charge in [0, 0.05) is 10.8 Å². The van der Waals surface area contributed by atoms with Crippen LogP contribution in [0.2, 0.25) is 0 Å². The van der Waals surface area contributed by atoms with Crippen molar-refractivity contribution in [3.8, 4) is 0 Å². The summed E-state index contributed by atoms with van der Waals surface area (Å²) in [5.41, 5.74) is 6.01. The van der Waals surface area contributed by atoms with Gasteiger partial charge in [-0.05, 0) is 44.4 Å². The average molecular weight is 334 g/mol. The van der Waals surface area contributed by atoms with Gasteiger partial charge in [0.05, 0.1) is 4.91 Å². The molecule has 0 aromatic heterocycles. The molecule has 2 aromatic rings. The summed E-state index contributed by atoms with van der Waals surface area (Å²) < 4.78 is 0. The van der Waals surface area contributed by atoms with Crippen LogP contribution in [0.25, 0.3) is 6.08 Å². The molecule has 24 heavy (non-hydrogen) atoms. The first-order chi connectivity index (χ1) is 11.6. The minimum Gasteiger partial charge on any atom is -0.288 e. The van der Waals surface area contributed by atoms with E-state index in [0.29, 0.717) is 5.25 Å². The number of rotatable bonds is 4. The number of thioether (sulfide) groups is 1. The van der Waals surface area contributed by atoms with Gasteiger partial charge in [-0.3, -0.25) is 4.79 Å². The third-order valence-corrected chi connectivity index (χ3v) is 5.77. The van der Waals surface area contributed by atoms with Crippen molar-refractivity contribution in [3.63, 3.8) is 0 Å². The number of hydrogen-bond donors (Lipinski definition) is 0. The summed E-state index contributed by atoms with van der Waals surface area (Å²) >= 11 is 1.70. The summed E-state index contributed by atoms with van der Waals surface area (Å²) in [6, 6.07) is 18.0. The van der Waals surface area contributed by atoms with Crippen molar-refractivity contribution in [3.05, 3.63) is 87.3 Å². The van der Waals surface area contributed by atoms with Crippen LogP contribution < -0.4 is 0 Å². The summed E-state index contributed by atoms with van der Waals surface area (Å²) in [5, 5.41) is 0.295. The van der Waals surface area contributed by atoms with E-state index in [9.17, 15) is 4.79 Å². The van der Waals surface area contributed by atoms with Gasteiger partial charge in [-0.2, -0.15) is 0 Å². The molecule has 2 heteroatoms. The van der Waals surface area contributed by atoms with E-state index >= 15 is 0 Å². The zero-order chi connectivity index (χ0) is 17.1. The van der Waals surface area contributed by atoms with E-state index in [1.54, 1.807) is 11.8 Å². The molecule has 0 fully saturated rings. The highest BCUT2D eigenvalue weighted by Gasteiger charge is 2.26. The molecule has 1 aliphatic heterocycles. The first-order valence-corrected chi connectivity index (χ1v) is 9.14. The standard InChI is InChI=1S/C22H22OS/c1-15(2)16(3)13-20-19-12-8-7-11-18(19)14-21(24-20)22(23)17-9-5-4-6-10-17/h4-12,14,20H,13H2,1-3H3. The molecule has 1 atom stereocenters. The second-order valence-corrected chi connectivity index (χ2v) is 7.67. The molecule has 0 saturated heterocycles. The third kappa shape index (κ3) is 3.54.